The average molecular weight is 458 g/mol. The maximum atomic E-state index is 11.0. The predicted molar refractivity (Wildman–Crippen MR) is 133 cm³/mol. The second-order valence-electron chi connectivity index (χ2n) is 10.8. The molecule has 1 aliphatic heterocycles. The van der Waals surface area contributed by atoms with Gasteiger partial charge in [0.25, 0.3) is 0 Å². The fourth-order valence-electron chi connectivity index (χ4n) is 5.72. The quantitative estimate of drug-likeness (QED) is 0.550. The summed E-state index contributed by atoms with van der Waals surface area (Å²) in [6.07, 6.45) is 6.55. The Hall–Kier alpha value is -2.68. The highest BCUT2D eigenvalue weighted by molar-refractivity contribution is 5.66. The number of hydrogen-bond donors (Lipinski definition) is 2. The molecular formula is C29H35N3O2. The van der Waals surface area contributed by atoms with Crippen molar-refractivity contribution in [3.05, 3.63) is 71.3 Å². The van der Waals surface area contributed by atoms with Crippen molar-refractivity contribution in [3.8, 4) is 6.07 Å². The number of piperidine rings is 1. The van der Waals surface area contributed by atoms with Gasteiger partial charge in [0.05, 0.1) is 17.9 Å². The van der Waals surface area contributed by atoms with E-state index in [4.69, 9.17) is 5.11 Å². The molecule has 1 saturated heterocycles. The Labute approximate surface area is 202 Å². The number of nitrogens with one attached hydrogen (secondary N) is 1. The lowest BCUT2D eigenvalue weighted by atomic mass is 9.73. The first-order valence-corrected chi connectivity index (χ1v) is 12.7. The SMILES string of the molecule is N#CC1(c2ccc(CC3(CNC4CC4c4ccccc4)CCN(CCC(=O)O)CC3)cc2)CC1. The van der Waals surface area contributed by atoms with Crippen LogP contribution in [-0.2, 0) is 16.6 Å². The summed E-state index contributed by atoms with van der Waals surface area (Å²) in [6, 6.07) is 22.7. The van der Waals surface area contributed by atoms with E-state index in [1.165, 1.54) is 17.5 Å². The zero-order valence-electron chi connectivity index (χ0n) is 19.9. The van der Waals surface area contributed by atoms with E-state index in [1.54, 1.807) is 0 Å². The lowest BCUT2D eigenvalue weighted by molar-refractivity contribution is -0.137. The standard InChI is InChI=1S/C29H35N3O2/c30-20-29(11-12-29)24-8-6-22(7-9-24)19-28(13-16-32(17-14-28)15-10-27(33)34)21-31-26-18-25(26)23-4-2-1-3-5-23/h1-9,25-26,31H,10-19,21H2,(H,33,34). The molecule has 2 aromatic carbocycles. The fraction of sp³-hybridized carbons (Fsp3) is 0.517. The summed E-state index contributed by atoms with van der Waals surface area (Å²) >= 11 is 0. The van der Waals surface area contributed by atoms with Crippen LogP contribution >= 0.6 is 0 Å². The van der Waals surface area contributed by atoms with Crippen LogP contribution in [0, 0.1) is 16.7 Å². The molecule has 1 heterocycles. The molecule has 2 N–H and O–H groups in total. The zero-order chi connectivity index (χ0) is 23.6. The molecule has 2 atom stereocenters. The molecule has 3 fully saturated rings. The van der Waals surface area contributed by atoms with Gasteiger partial charge in [0.1, 0.15) is 0 Å². The molecule has 0 spiro atoms. The van der Waals surface area contributed by atoms with Gasteiger partial charge in [0.2, 0.25) is 0 Å². The number of aliphatic carboxylic acids is 1. The number of rotatable bonds is 10. The Bertz CT molecular complexity index is 1030. The van der Waals surface area contributed by atoms with E-state index in [2.05, 4.69) is 70.9 Å². The van der Waals surface area contributed by atoms with Crippen LogP contribution < -0.4 is 5.32 Å². The predicted octanol–water partition coefficient (Wildman–Crippen LogP) is 4.49. The third kappa shape index (κ3) is 5.19. The van der Waals surface area contributed by atoms with E-state index in [-0.39, 0.29) is 17.3 Å². The third-order valence-electron chi connectivity index (χ3n) is 8.37. The molecule has 34 heavy (non-hydrogen) atoms. The van der Waals surface area contributed by atoms with Gasteiger partial charge in [-0.05, 0) is 73.7 Å². The van der Waals surface area contributed by atoms with E-state index in [0.717, 1.165) is 57.3 Å². The minimum absolute atomic E-state index is 0.178. The number of nitriles is 1. The van der Waals surface area contributed by atoms with Crippen LogP contribution in [0.3, 0.4) is 0 Å². The highest BCUT2D eigenvalue weighted by atomic mass is 16.4. The number of carboxylic acids is 1. The Morgan fingerprint density at radius 3 is 2.38 bits per heavy atom. The maximum Gasteiger partial charge on any atom is 0.304 e. The van der Waals surface area contributed by atoms with Crippen molar-refractivity contribution in [1.82, 2.24) is 10.2 Å². The first kappa shape index (κ1) is 23.1. The summed E-state index contributed by atoms with van der Waals surface area (Å²) in [5.74, 6) is -0.0982. The number of hydrogen-bond acceptors (Lipinski definition) is 4. The van der Waals surface area contributed by atoms with Gasteiger partial charge >= 0.3 is 5.97 Å². The van der Waals surface area contributed by atoms with Crippen LogP contribution in [-0.4, -0.2) is 48.2 Å². The lowest BCUT2D eigenvalue weighted by Gasteiger charge is -2.42. The van der Waals surface area contributed by atoms with Crippen molar-refractivity contribution in [2.24, 2.45) is 5.41 Å². The van der Waals surface area contributed by atoms with Gasteiger partial charge in [-0.3, -0.25) is 4.79 Å². The van der Waals surface area contributed by atoms with E-state index in [1.807, 2.05) is 0 Å². The van der Waals surface area contributed by atoms with Crippen LogP contribution in [0.5, 0.6) is 0 Å². The largest absolute Gasteiger partial charge is 0.481 e. The second-order valence-corrected chi connectivity index (χ2v) is 10.8. The van der Waals surface area contributed by atoms with E-state index >= 15 is 0 Å². The van der Waals surface area contributed by atoms with Crippen molar-refractivity contribution in [2.45, 2.75) is 62.3 Å². The zero-order valence-corrected chi connectivity index (χ0v) is 19.9. The molecule has 3 aliphatic rings. The van der Waals surface area contributed by atoms with Gasteiger partial charge in [0, 0.05) is 25.0 Å². The smallest absolute Gasteiger partial charge is 0.304 e. The van der Waals surface area contributed by atoms with E-state index < -0.39 is 5.97 Å². The third-order valence-corrected chi connectivity index (χ3v) is 8.37. The van der Waals surface area contributed by atoms with Crippen molar-refractivity contribution in [2.75, 3.05) is 26.2 Å². The topological polar surface area (TPSA) is 76.4 Å². The monoisotopic (exact) mass is 457 g/mol. The first-order chi connectivity index (χ1) is 16.5. The Balaban J connectivity index is 1.24. The van der Waals surface area contributed by atoms with E-state index in [0.29, 0.717) is 18.5 Å². The summed E-state index contributed by atoms with van der Waals surface area (Å²) in [4.78, 5) is 13.3. The van der Waals surface area contributed by atoms with Crippen molar-refractivity contribution in [1.29, 1.82) is 5.26 Å². The number of benzene rings is 2. The summed E-state index contributed by atoms with van der Waals surface area (Å²) in [7, 11) is 0. The van der Waals surface area contributed by atoms with E-state index in [9.17, 15) is 10.1 Å². The summed E-state index contributed by atoms with van der Waals surface area (Å²) in [5, 5.41) is 22.5. The van der Waals surface area contributed by atoms with Crippen LogP contribution in [0.2, 0.25) is 0 Å². The van der Waals surface area contributed by atoms with Crippen LogP contribution in [0.4, 0.5) is 0 Å². The minimum atomic E-state index is -0.718. The lowest BCUT2D eigenvalue weighted by Crippen LogP contribution is -2.47. The Morgan fingerprint density at radius 1 is 1.06 bits per heavy atom. The van der Waals surface area contributed by atoms with Gasteiger partial charge < -0.3 is 15.3 Å². The Morgan fingerprint density at radius 2 is 1.76 bits per heavy atom. The molecule has 178 valence electrons. The van der Waals surface area contributed by atoms with Gasteiger partial charge in [0.15, 0.2) is 0 Å². The number of likely N-dealkylation sites (tertiary alicyclic amines) is 1. The molecule has 5 heteroatoms. The average Bonchev–Trinajstić information content (AvgIpc) is 3.79. The molecular weight excluding hydrogens is 422 g/mol. The second kappa shape index (κ2) is 9.52. The molecule has 0 radical (unpaired) electrons. The van der Waals surface area contributed by atoms with Crippen LogP contribution in [0.25, 0.3) is 0 Å². The molecule has 2 aromatic rings. The van der Waals surface area contributed by atoms with Gasteiger partial charge in [-0.2, -0.15) is 5.26 Å². The molecule has 2 unspecified atom stereocenters. The fourth-order valence-corrected chi connectivity index (χ4v) is 5.72. The molecule has 0 bridgehead atoms. The van der Waals surface area contributed by atoms with Crippen molar-refractivity contribution in [3.63, 3.8) is 0 Å². The minimum Gasteiger partial charge on any atom is -0.481 e. The number of carboxylic acid groups (broad SMARTS) is 1. The molecule has 0 amide bonds. The van der Waals surface area contributed by atoms with Crippen LogP contribution in [0.15, 0.2) is 54.6 Å². The van der Waals surface area contributed by atoms with Crippen LogP contribution in [0.1, 0.15) is 61.1 Å². The van der Waals surface area contributed by atoms with Gasteiger partial charge in [-0.25, -0.2) is 0 Å². The highest BCUT2D eigenvalue weighted by Crippen LogP contribution is 2.48. The van der Waals surface area contributed by atoms with Gasteiger partial charge in [-0.1, -0.05) is 54.6 Å². The molecule has 5 nitrogen and oxygen atoms in total. The maximum absolute atomic E-state index is 11.0. The summed E-state index contributed by atoms with van der Waals surface area (Å²) in [5.41, 5.74) is 3.88. The van der Waals surface area contributed by atoms with Crippen molar-refractivity contribution >= 4 is 5.97 Å². The van der Waals surface area contributed by atoms with Crippen molar-refractivity contribution < 1.29 is 9.90 Å². The molecule has 2 aliphatic carbocycles. The summed E-state index contributed by atoms with van der Waals surface area (Å²) < 4.78 is 0. The Kier molecular flexibility index (Phi) is 6.46. The summed E-state index contributed by atoms with van der Waals surface area (Å²) in [6.45, 7) is 3.55. The molecule has 0 aromatic heterocycles. The number of carbonyl (C=O) groups is 1. The first-order valence-electron chi connectivity index (χ1n) is 12.7. The molecule has 5 rings (SSSR count). The number of nitrogens with zero attached hydrogens (tertiary/aromatic N) is 2. The normalized spacial score (nSPS) is 24.8. The van der Waals surface area contributed by atoms with Gasteiger partial charge in [-0.15, -0.1) is 0 Å². The molecule has 2 saturated carbocycles. The highest BCUT2D eigenvalue weighted by Gasteiger charge is 2.45.